The van der Waals surface area contributed by atoms with Crippen LogP contribution < -0.4 is 9.64 Å². The number of benzene rings is 2. The Morgan fingerprint density at radius 3 is 2.30 bits per heavy atom. The van der Waals surface area contributed by atoms with Crippen molar-refractivity contribution in [1.29, 1.82) is 0 Å². The molecule has 1 spiro atoms. The third-order valence-corrected chi connectivity index (χ3v) is 7.48. The minimum Gasteiger partial charge on any atom is -0.406 e. The number of hydrogen-bond donors (Lipinski definition) is 4. The Morgan fingerprint density at radius 2 is 1.73 bits per heavy atom. The van der Waals surface area contributed by atoms with E-state index in [4.69, 9.17) is 0 Å². The number of ether oxygens (including phenoxy) is 1. The molecule has 3 aliphatic rings. The average molecular weight is 543 g/mol. The first-order chi connectivity index (χ1) is 14.7. The summed E-state index contributed by atoms with van der Waals surface area (Å²) < 4.78 is 56.0. The number of nitrogens with zero attached hydrogens (tertiary/aromatic N) is 1. The van der Waals surface area contributed by atoms with Crippen LogP contribution >= 0.6 is 0 Å². The van der Waals surface area contributed by atoms with Crippen molar-refractivity contribution in [2.45, 2.75) is 43.9 Å². The minimum absolute atomic E-state index is 0. The number of anilines is 1. The second-order valence-corrected chi connectivity index (χ2v) is 9.11. The Labute approximate surface area is 211 Å². The zero-order valence-electron chi connectivity index (χ0n) is 17.3. The molecule has 33 heavy (non-hydrogen) atoms. The summed E-state index contributed by atoms with van der Waals surface area (Å²) in [6, 6.07) is 10.4. The van der Waals surface area contributed by atoms with Gasteiger partial charge in [0.1, 0.15) is 5.75 Å². The summed E-state index contributed by atoms with van der Waals surface area (Å²) in [7, 11) is 0. The SMILES string of the molecule is CC12CC13CC3C(c1ccc(OC(F)(F)F)cc1)C(O)(O)N(c1cc[c-]cc1F)C2(O)O.[Y]. The van der Waals surface area contributed by atoms with Gasteiger partial charge in [0.15, 0.2) is 0 Å². The van der Waals surface area contributed by atoms with Crippen LogP contribution in [0.1, 0.15) is 31.2 Å². The second kappa shape index (κ2) is 7.35. The molecule has 4 unspecified atom stereocenters. The van der Waals surface area contributed by atoms with Crippen LogP contribution in [-0.2, 0) is 32.7 Å². The van der Waals surface area contributed by atoms with Gasteiger partial charge in [-0.3, -0.25) is 9.29 Å². The van der Waals surface area contributed by atoms with E-state index >= 15 is 0 Å². The number of halogens is 4. The molecule has 0 bridgehead atoms. The van der Waals surface area contributed by atoms with E-state index in [2.05, 4.69) is 10.8 Å². The Morgan fingerprint density at radius 1 is 1.09 bits per heavy atom. The molecule has 3 fully saturated rings. The van der Waals surface area contributed by atoms with E-state index in [0.717, 1.165) is 24.3 Å². The zero-order valence-corrected chi connectivity index (χ0v) is 20.2. The van der Waals surface area contributed by atoms with Crippen LogP contribution in [0.3, 0.4) is 0 Å². The number of aliphatic hydroxyl groups is 4. The molecule has 1 saturated heterocycles. The third-order valence-electron chi connectivity index (χ3n) is 7.48. The van der Waals surface area contributed by atoms with Crippen LogP contribution in [0.4, 0.5) is 23.2 Å². The number of alkyl halides is 3. The largest absolute Gasteiger partial charge is 0.573 e. The van der Waals surface area contributed by atoms with Gasteiger partial charge in [-0.15, -0.1) is 25.3 Å². The fourth-order valence-corrected chi connectivity index (χ4v) is 5.79. The predicted octanol–water partition coefficient (Wildman–Crippen LogP) is 2.82. The van der Waals surface area contributed by atoms with Gasteiger partial charge in [-0.2, -0.15) is 12.1 Å². The first-order valence-corrected chi connectivity index (χ1v) is 9.96. The Balaban J connectivity index is 0.00000259. The van der Waals surface area contributed by atoms with Gasteiger partial charge in [-0.05, 0) is 47.6 Å². The monoisotopic (exact) mass is 543 g/mol. The molecule has 6 nitrogen and oxygen atoms in total. The zero-order chi connectivity index (χ0) is 23.3. The molecule has 2 saturated carbocycles. The first kappa shape index (κ1) is 24.8. The van der Waals surface area contributed by atoms with Crippen molar-refractivity contribution in [2.24, 2.45) is 16.7 Å². The maximum absolute atomic E-state index is 14.7. The molecule has 175 valence electrons. The van der Waals surface area contributed by atoms with E-state index in [1.165, 1.54) is 18.2 Å². The summed E-state index contributed by atoms with van der Waals surface area (Å²) in [5.74, 6) is -8.83. The summed E-state index contributed by atoms with van der Waals surface area (Å²) in [6.07, 6.45) is -4.07. The van der Waals surface area contributed by atoms with Crippen LogP contribution in [0.25, 0.3) is 0 Å². The minimum atomic E-state index is -4.88. The van der Waals surface area contributed by atoms with E-state index < -0.39 is 58.1 Å². The molecule has 11 heteroatoms. The van der Waals surface area contributed by atoms with E-state index in [-0.39, 0.29) is 38.3 Å². The summed E-state index contributed by atoms with van der Waals surface area (Å²) in [5.41, 5.74) is -2.01. The topological polar surface area (TPSA) is 93.4 Å². The molecule has 0 aromatic heterocycles. The Bertz CT molecular complexity index is 1080. The Hall–Kier alpha value is -1.30. The van der Waals surface area contributed by atoms with Gasteiger partial charge in [0.2, 0.25) is 0 Å². The van der Waals surface area contributed by atoms with Gasteiger partial charge in [0.05, 0.1) is 5.92 Å². The predicted molar refractivity (Wildman–Crippen MR) is 101 cm³/mol. The molecule has 0 amide bonds. The molecule has 4 N–H and O–H groups in total. The molecular formula is C22H20F4NO5Y-. The maximum atomic E-state index is 14.7. The molecular weight excluding hydrogens is 523 g/mol. The smallest absolute Gasteiger partial charge is 0.406 e. The second-order valence-electron chi connectivity index (χ2n) is 9.11. The van der Waals surface area contributed by atoms with Crippen molar-refractivity contribution in [3.05, 3.63) is 59.9 Å². The van der Waals surface area contributed by atoms with Gasteiger partial charge < -0.3 is 25.2 Å². The van der Waals surface area contributed by atoms with Crippen molar-refractivity contribution < 1.29 is 75.4 Å². The normalized spacial score (nSPS) is 33.2. The maximum Gasteiger partial charge on any atom is 0.573 e. The molecule has 1 heterocycles. The quantitative estimate of drug-likeness (QED) is 0.271. The van der Waals surface area contributed by atoms with E-state index in [1.807, 2.05) is 0 Å². The van der Waals surface area contributed by atoms with Crippen LogP contribution in [-0.4, -0.2) is 38.6 Å². The van der Waals surface area contributed by atoms with Crippen molar-refractivity contribution >= 4 is 5.69 Å². The standard InChI is InChI=1S/C22H20F4NO5.Y/c1-18-11-19(18)10-14(19)17(12-6-8-13(9-7-12)32-22(24,25)26)20(28,29)27(21(18,30)31)16-5-3-2-4-15(16)23;/h3-9,14,17,28-31H,10-11H2,1H3;/q-1;. The van der Waals surface area contributed by atoms with Crippen molar-refractivity contribution in [3.63, 3.8) is 0 Å². The van der Waals surface area contributed by atoms with Crippen LogP contribution in [0, 0.1) is 28.6 Å². The fraction of sp³-hybridized carbons (Fsp3) is 0.455. The van der Waals surface area contributed by atoms with Gasteiger partial charge in [-0.25, -0.2) is 0 Å². The molecule has 2 aliphatic carbocycles. The number of rotatable bonds is 3. The van der Waals surface area contributed by atoms with Crippen molar-refractivity contribution in [2.75, 3.05) is 4.90 Å². The molecule has 1 aliphatic heterocycles. The fourth-order valence-electron chi connectivity index (χ4n) is 5.79. The van der Waals surface area contributed by atoms with E-state index in [9.17, 15) is 38.0 Å². The molecule has 5 rings (SSSR count). The van der Waals surface area contributed by atoms with Crippen molar-refractivity contribution in [1.82, 2.24) is 0 Å². The summed E-state index contributed by atoms with van der Waals surface area (Å²) >= 11 is 0. The van der Waals surface area contributed by atoms with Gasteiger partial charge >= 0.3 is 6.36 Å². The van der Waals surface area contributed by atoms with Crippen LogP contribution in [0.15, 0.2) is 42.5 Å². The van der Waals surface area contributed by atoms with Crippen LogP contribution in [0.5, 0.6) is 5.75 Å². The van der Waals surface area contributed by atoms with Gasteiger partial charge in [0, 0.05) is 43.9 Å². The van der Waals surface area contributed by atoms with Gasteiger partial charge in [-0.1, -0.05) is 19.1 Å². The average Bonchev–Trinajstić information content (AvgIpc) is 3.53. The summed E-state index contributed by atoms with van der Waals surface area (Å²) in [5, 5.41) is 45.0. The molecule has 4 atom stereocenters. The van der Waals surface area contributed by atoms with Gasteiger partial charge in [0.25, 0.3) is 11.8 Å². The number of hydrogen-bond acceptors (Lipinski definition) is 6. The third kappa shape index (κ3) is 3.44. The van der Waals surface area contributed by atoms with Crippen molar-refractivity contribution in [3.8, 4) is 5.75 Å². The van der Waals surface area contributed by atoms with E-state index in [1.54, 1.807) is 6.92 Å². The molecule has 2 aromatic carbocycles. The molecule has 2 aromatic rings. The van der Waals surface area contributed by atoms with Crippen LogP contribution in [0.2, 0.25) is 0 Å². The first-order valence-electron chi connectivity index (χ1n) is 9.96. The summed E-state index contributed by atoms with van der Waals surface area (Å²) in [6.45, 7) is 1.59. The summed E-state index contributed by atoms with van der Waals surface area (Å²) in [4.78, 5) is 0.453. The Kier molecular flexibility index (Phi) is 5.53. The molecule has 1 radical (unpaired) electrons. The van der Waals surface area contributed by atoms with E-state index in [0.29, 0.717) is 17.7 Å².